The number of pyridine rings is 1. The highest BCUT2D eigenvalue weighted by atomic mass is 35.5. The monoisotopic (exact) mass is 284 g/mol. The van der Waals surface area contributed by atoms with Gasteiger partial charge >= 0.3 is 0 Å². The minimum atomic E-state index is 0. The van der Waals surface area contributed by atoms with Crippen LogP contribution in [0.2, 0.25) is 0 Å². The second kappa shape index (κ2) is 8.92. The van der Waals surface area contributed by atoms with Crippen LogP contribution in [-0.4, -0.2) is 4.98 Å². The molecule has 18 heavy (non-hydrogen) atoms. The quantitative estimate of drug-likeness (QED) is 0.929. The second-order valence-corrected chi connectivity index (χ2v) is 3.86. The van der Waals surface area contributed by atoms with Crippen molar-refractivity contribution < 1.29 is 0 Å². The Bertz CT molecular complexity index is 447. The zero-order valence-electron chi connectivity index (χ0n) is 10.3. The van der Waals surface area contributed by atoms with Gasteiger partial charge in [0.15, 0.2) is 0 Å². The summed E-state index contributed by atoms with van der Waals surface area (Å²) >= 11 is 0. The molecule has 0 bridgehead atoms. The lowest BCUT2D eigenvalue weighted by Crippen LogP contribution is -2.14. The van der Waals surface area contributed by atoms with Crippen LogP contribution in [0.3, 0.4) is 0 Å². The van der Waals surface area contributed by atoms with Crippen LogP contribution in [0.4, 0.5) is 0 Å². The molecule has 0 spiro atoms. The van der Waals surface area contributed by atoms with Crippen LogP contribution in [0.5, 0.6) is 0 Å². The maximum atomic E-state index is 4.35. The van der Waals surface area contributed by atoms with Gasteiger partial charge in [-0.15, -0.1) is 24.8 Å². The summed E-state index contributed by atoms with van der Waals surface area (Å²) in [5.74, 6) is 0. The van der Waals surface area contributed by atoms with Gasteiger partial charge in [0.1, 0.15) is 0 Å². The van der Waals surface area contributed by atoms with Crippen LogP contribution in [0.25, 0.3) is 0 Å². The minimum absolute atomic E-state index is 0. The summed E-state index contributed by atoms with van der Waals surface area (Å²) < 4.78 is 0. The van der Waals surface area contributed by atoms with Crippen molar-refractivity contribution in [2.45, 2.75) is 20.0 Å². The normalized spacial score (nSPS) is 9.17. The first kappa shape index (κ1) is 16.9. The van der Waals surface area contributed by atoms with Gasteiger partial charge in [-0.05, 0) is 24.1 Å². The molecule has 0 aliphatic rings. The van der Waals surface area contributed by atoms with Gasteiger partial charge in [0.05, 0.1) is 5.69 Å². The Morgan fingerprint density at radius 3 is 2.33 bits per heavy atom. The molecule has 0 saturated carbocycles. The molecule has 98 valence electrons. The Morgan fingerprint density at radius 1 is 0.944 bits per heavy atom. The van der Waals surface area contributed by atoms with E-state index in [4.69, 9.17) is 0 Å². The van der Waals surface area contributed by atoms with Gasteiger partial charge in [-0.25, -0.2) is 0 Å². The lowest BCUT2D eigenvalue weighted by Gasteiger charge is -2.06. The zero-order valence-corrected chi connectivity index (χ0v) is 11.9. The van der Waals surface area contributed by atoms with Gasteiger partial charge < -0.3 is 5.32 Å². The number of aryl methyl sites for hydroxylation is 1. The molecule has 2 aromatic rings. The van der Waals surface area contributed by atoms with Crippen LogP contribution >= 0.6 is 24.8 Å². The van der Waals surface area contributed by atoms with Gasteiger partial charge in [0, 0.05) is 19.3 Å². The molecule has 0 unspecified atom stereocenters. The Labute approximate surface area is 121 Å². The molecule has 0 aliphatic heterocycles. The molecule has 2 nitrogen and oxygen atoms in total. The van der Waals surface area contributed by atoms with Crippen LogP contribution in [0.15, 0.2) is 48.7 Å². The number of aromatic nitrogens is 1. The van der Waals surface area contributed by atoms with Crippen molar-refractivity contribution in [2.75, 3.05) is 0 Å². The van der Waals surface area contributed by atoms with Crippen molar-refractivity contribution in [3.05, 3.63) is 65.5 Å². The van der Waals surface area contributed by atoms with Gasteiger partial charge in [-0.2, -0.15) is 0 Å². The van der Waals surface area contributed by atoms with Crippen LogP contribution in [0, 0.1) is 6.92 Å². The molecule has 1 heterocycles. The van der Waals surface area contributed by atoms with Crippen molar-refractivity contribution in [2.24, 2.45) is 0 Å². The second-order valence-electron chi connectivity index (χ2n) is 3.86. The van der Waals surface area contributed by atoms with Crippen LogP contribution in [0.1, 0.15) is 16.8 Å². The summed E-state index contributed by atoms with van der Waals surface area (Å²) in [6.07, 6.45) is 1.84. The van der Waals surface area contributed by atoms with Gasteiger partial charge in [-0.1, -0.05) is 36.4 Å². The summed E-state index contributed by atoms with van der Waals surface area (Å²) in [4.78, 5) is 4.35. The lowest BCUT2D eigenvalue weighted by molar-refractivity contribution is 0.676. The minimum Gasteiger partial charge on any atom is -0.307 e. The molecular weight excluding hydrogens is 267 g/mol. The molecule has 0 fully saturated rings. The van der Waals surface area contributed by atoms with Crippen LogP contribution < -0.4 is 5.32 Å². The van der Waals surface area contributed by atoms with E-state index in [0.717, 1.165) is 18.8 Å². The van der Waals surface area contributed by atoms with E-state index in [1.807, 2.05) is 18.3 Å². The van der Waals surface area contributed by atoms with E-state index in [0.29, 0.717) is 0 Å². The molecule has 4 heteroatoms. The third-order valence-electron chi connectivity index (χ3n) is 2.58. The highest BCUT2D eigenvalue weighted by Crippen LogP contribution is 2.03. The van der Waals surface area contributed by atoms with E-state index in [9.17, 15) is 0 Å². The van der Waals surface area contributed by atoms with Gasteiger partial charge in [-0.3, -0.25) is 4.98 Å². The number of benzene rings is 1. The average Bonchev–Trinajstić information content (AvgIpc) is 2.33. The van der Waals surface area contributed by atoms with Crippen LogP contribution in [-0.2, 0) is 13.1 Å². The summed E-state index contributed by atoms with van der Waals surface area (Å²) in [6.45, 7) is 3.80. The number of hydrogen-bond donors (Lipinski definition) is 1. The Hall–Kier alpha value is -1.09. The Balaban J connectivity index is 0.00000144. The maximum absolute atomic E-state index is 4.35. The summed E-state index contributed by atoms with van der Waals surface area (Å²) in [5, 5.41) is 3.40. The van der Waals surface area contributed by atoms with E-state index in [-0.39, 0.29) is 24.8 Å². The first-order valence-corrected chi connectivity index (χ1v) is 5.51. The fourth-order valence-corrected chi connectivity index (χ4v) is 1.62. The first-order chi connectivity index (χ1) is 7.86. The number of halogens is 2. The predicted octanol–water partition coefficient (Wildman–Crippen LogP) is 3.52. The van der Waals surface area contributed by atoms with E-state index >= 15 is 0 Å². The molecule has 1 aromatic carbocycles. The molecule has 0 atom stereocenters. The topological polar surface area (TPSA) is 24.9 Å². The van der Waals surface area contributed by atoms with E-state index in [1.54, 1.807) is 0 Å². The number of rotatable bonds is 4. The third-order valence-corrected chi connectivity index (χ3v) is 2.58. The fraction of sp³-hybridized carbons (Fsp3) is 0.214. The molecule has 0 radical (unpaired) electrons. The van der Waals surface area contributed by atoms with E-state index in [1.165, 1.54) is 11.1 Å². The van der Waals surface area contributed by atoms with Crippen molar-refractivity contribution in [1.29, 1.82) is 0 Å². The number of nitrogens with zero attached hydrogens (tertiary/aromatic N) is 1. The molecule has 0 aliphatic carbocycles. The number of hydrogen-bond acceptors (Lipinski definition) is 2. The molecule has 0 amide bonds. The molecule has 2 rings (SSSR count). The first-order valence-electron chi connectivity index (χ1n) is 5.51. The van der Waals surface area contributed by atoms with Crippen molar-refractivity contribution >= 4 is 24.8 Å². The molecule has 1 N–H and O–H groups in total. The standard InChI is InChI=1S/C14H16N2.2ClH/c1-12-6-5-9-16-14(12)11-15-10-13-7-3-2-4-8-13;;/h2-9,15H,10-11H2,1H3;2*1H. The Kier molecular flexibility index (Phi) is 8.38. The van der Waals surface area contributed by atoms with Gasteiger partial charge in [0.25, 0.3) is 0 Å². The molecular formula is C14H18Cl2N2. The zero-order chi connectivity index (χ0) is 11.2. The summed E-state index contributed by atoms with van der Waals surface area (Å²) in [6, 6.07) is 14.5. The fourth-order valence-electron chi connectivity index (χ4n) is 1.62. The van der Waals surface area contributed by atoms with E-state index in [2.05, 4.69) is 47.6 Å². The van der Waals surface area contributed by atoms with Crippen molar-refractivity contribution in [3.63, 3.8) is 0 Å². The average molecular weight is 285 g/mol. The highest BCUT2D eigenvalue weighted by Gasteiger charge is 1.97. The van der Waals surface area contributed by atoms with Crippen molar-refractivity contribution in [1.82, 2.24) is 10.3 Å². The van der Waals surface area contributed by atoms with Gasteiger partial charge in [0.2, 0.25) is 0 Å². The maximum Gasteiger partial charge on any atom is 0.0570 e. The lowest BCUT2D eigenvalue weighted by atomic mass is 10.2. The smallest absolute Gasteiger partial charge is 0.0570 e. The Morgan fingerprint density at radius 2 is 1.67 bits per heavy atom. The third kappa shape index (κ3) is 5.05. The predicted molar refractivity (Wildman–Crippen MR) is 80.5 cm³/mol. The summed E-state index contributed by atoms with van der Waals surface area (Å²) in [7, 11) is 0. The largest absolute Gasteiger partial charge is 0.307 e. The molecule has 1 aromatic heterocycles. The van der Waals surface area contributed by atoms with Crippen molar-refractivity contribution in [3.8, 4) is 0 Å². The molecule has 0 saturated heterocycles. The SMILES string of the molecule is Cc1cccnc1CNCc1ccccc1.Cl.Cl. The highest BCUT2D eigenvalue weighted by molar-refractivity contribution is 5.85. The van der Waals surface area contributed by atoms with E-state index < -0.39 is 0 Å². The summed E-state index contributed by atoms with van der Waals surface area (Å²) in [5.41, 5.74) is 3.66. The number of nitrogens with one attached hydrogen (secondary N) is 1.